The van der Waals surface area contributed by atoms with Gasteiger partial charge in [0.1, 0.15) is 6.04 Å². The number of fused-ring (bicyclic) bond motifs is 1. The Balaban J connectivity index is 1.47. The van der Waals surface area contributed by atoms with Crippen LogP contribution in [0.3, 0.4) is 0 Å². The fourth-order valence-corrected chi connectivity index (χ4v) is 4.83. The van der Waals surface area contributed by atoms with E-state index in [4.69, 9.17) is 10.2 Å². The second-order valence-electron chi connectivity index (χ2n) is 6.89. The molecular weight excluding hydrogens is 356 g/mol. The Hall–Kier alpha value is -2.75. The zero-order valence-corrected chi connectivity index (χ0v) is 15.8. The molecule has 1 amide bonds. The number of thiazole rings is 1. The molecule has 0 spiro atoms. The fraction of sp³-hybridized carbons (Fsp3) is 0.286. The van der Waals surface area contributed by atoms with Gasteiger partial charge in [-0.3, -0.25) is 4.79 Å². The van der Waals surface area contributed by atoms with Crippen molar-refractivity contribution < 1.29 is 9.69 Å². The van der Waals surface area contributed by atoms with E-state index in [0.717, 1.165) is 35.6 Å². The van der Waals surface area contributed by atoms with Gasteiger partial charge in [-0.15, -0.1) is 11.3 Å². The van der Waals surface area contributed by atoms with Crippen molar-refractivity contribution in [2.24, 2.45) is 0 Å². The lowest BCUT2D eigenvalue weighted by molar-refractivity contribution is -0.929. The predicted octanol–water partition coefficient (Wildman–Crippen LogP) is 2.92. The molecule has 1 unspecified atom stereocenters. The summed E-state index contributed by atoms with van der Waals surface area (Å²) in [5.41, 5.74) is 2.36. The smallest absolute Gasteiger partial charge is 0.279 e. The van der Waals surface area contributed by atoms with Crippen molar-refractivity contribution in [3.8, 4) is 6.07 Å². The van der Waals surface area contributed by atoms with Crippen molar-refractivity contribution in [3.63, 3.8) is 0 Å². The quantitative estimate of drug-likeness (QED) is 0.734. The predicted molar refractivity (Wildman–Crippen MR) is 107 cm³/mol. The lowest BCUT2D eigenvalue weighted by Gasteiger charge is -2.30. The zero-order valence-electron chi connectivity index (χ0n) is 14.9. The van der Waals surface area contributed by atoms with Crippen molar-refractivity contribution >= 4 is 33.1 Å². The van der Waals surface area contributed by atoms with E-state index in [1.165, 1.54) is 16.0 Å². The highest BCUT2D eigenvalue weighted by atomic mass is 32.1. The van der Waals surface area contributed by atoms with Crippen LogP contribution in [0, 0.1) is 11.3 Å². The number of para-hydroxylation sites is 1. The van der Waals surface area contributed by atoms with E-state index in [2.05, 4.69) is 23.5 Å². The van der Waals surface area contributed by atoms with E-state index in [1.54, 1.807) is 35.6 Å². The average Bonchev–Trinajstić information content (AvgIpc) is 3.13. The number of hydrogen-bond donors (Lipinski definition) is 2. The maximum Gasteiger partial charge on any atom is 0.279 e. The lowest BCUT2D eigenvalue weighted by Crippen LogP contribution is -3.14. The minimum absolute atomic E-state index is 0.00252. The molecule has 136 valence electrons. The molecule has 1 aromatic heterocycles. The summed E-state index contributed by atoms with van der Waals surface area (Å²) in [6.45, 7) is 1.42. The molecule has 2 aromatic carbocycles. The van der Waals surface area contributed by atoms with Gasteiger partial charge in [0.2, 0.25) is 0 Å². The summed E-state index contributed by atoms with van der Waals surface area (Å²) >= 11 is 1.75. The SMILES string of the molecule is N#Cc1ccc(NC(=O)C[NH+]2CCCC[C@@H]2c2nc3ccccc3s2)cc1. The Bertz CT molecular complexity index is 956. The summed E-state index contributed by atoms with van der Waals surface area (Å²) in [5, 5.41) is 13.0. The minimum atomic E-state index is 0.00252. The molecule has 0 bridgehead atoms. The van der Waals surface area contributed by atoms with Gasteiger partial charge in [-0.05, 0) is 49.2 Å². The molecule has 3 aromatic rings. The Labute approximate surface area is 162 Å². The molecule has 2 atom stereocenters. The summed E-state index contributed by atoms with van der Waals surface area (Å²) in [5.74, 6) is 0.00252. The van der Waals surface area contributed by atoms with Crippen LogP contribution in [0.25, 0.3) is 10.2 Å². The highest BCUT2D eigenvalue weighted by Gasteiger charge is 2.31. The normalized spacial score (nSPS) is 19.5. The number of anilines is 1. The maximum absolute atomic E-state index is 12.6. The Kier molecular flexibility index (Phi) is 5.14. The van der Waals surface area contributed by atoms with Crippen molar-refractivity contribution in [1.82, 2.24) is 4.98 Å². The molecule has 6 heteroatoms. The van der Waals surface area contributed by atoms with Crippen molar-refractivity contribution in [1.29, 1.82) is 5.26 Å². The number of quaternary nitrogens is 1. The number of nitrogens with zero attached hydrogens (tertiary/aromatic N) is 2. The van der Waals surface area contributed by atoms with Gasteiger partial charge < -0.3 is 10.2 Å². The van der Waals surface area contributed by atoms with E-state index in [0.29, 0.717) is 12.1 Å². The van der Waals surface area contributed by atoms with Gasteiger partial charge in [0.15, 0.2) is 11.6 Å². The van der Waals surface area contributed by atoms with E-state index >= 15 is 0 Å². The molecule has 0 radical (unpaired) electrons. The van der Waals surface area contributed by atoms with Crippen LogP contribution < -0.4 is 10.2 Å². The van der Waals surface area contributed by atoms with E-state index in [1.807, 2.05) is 12.1 Å². The monoisotopic (exact) mass is 377 g/mol. The molecule has 5 nitrogen and oxygen atoms in total. The number of amides is 1. The summed E-state index contributed by atoms with van der Waals surface area (Å²) < 4.78 is 1.21. The van der Waals surface area contributed by atoms with Crippen LogP contribution in [0.2, 0.25) is 0 Å². The fourth-order valence-electron chi connectivity index (χ4n) is 3.67. The number of piperidine rings is 1. The Morgan fingerprint density at radius 1 is 1.22 bits per heavy atom. The first-order valence-electron chi connectivity index (χ1n) is 9.23. The lowest BCUT2D eigenvalue weighted by atomic mass is 10.0. The molecule has 0 aliphatic carbocycles. The molecule has 27 heavy (non-hydrogen) atoms. The van der Waals surface area contributed by atoms with Crippen LogP contribution >= 0.6 is 11.3 Å². The number of nitriles is 1. The number of hydrogen-bond acceptors (Lipinski definition) is 4. The molecule has 0 saturated carbocycles. The summed E-state index contributed by atoms with van der Waals surface area (Å²) in [6, 6.07) is 17.6. The third kappa shape index (κ3) is 4.00. The van der Waals surface area contributed by atoms with E-state index < -0.39 is 0 Å². The molecule has 4 rings (SSSR count). The standard InChI is InChI=1S/C21H20N4OS/c22-13-15-8-10-16(11-9-15)23-20(26)14-25-12-4-3-6-18(25)21-24-17-5-1-2-7-19(17)27-21/h1-2,5,7-11,18H,3-4,6,12,14H2,(H,23,26)/p+1/t18-/m1/s1. The number of rotatable bonds is 4. The second kappa shape index (κ2) is 7.87. The third-order valence-corrected chi connectivity index (χ3v) is 6.18. The average molecular weight is 377 g/mol. The highest BCUT2D eigenvalue weighted by Crippen LogP contribution is 2.28. The number of carbonyl (C=O) groups excluding carboxylic acids is 1. The summed E-state index contributed by atoms with van der Waals surface area (Å²) in [6.07, 6.45) is 3.39. The highest BCUT2D eigenvalue weighted by molar-refractivity contribution is 7.18. The first-order chi connectivity index (χ1) is 13.2. The number of likely N-dealkylation sites (tertiary alicyclic amines) is 1. The van der Waals surface area contributed by atoms with Gasteiger partial charge in [-0.25, -0.2) is 4.98 Å². The van der Waals surface area contributed by atoms with Gasteiger partial charge in [0.05, 0.1) is 28.4 Å². The van der Waals surface area contributed by atoms with Crippen LogP contribution in [0.5, 0.6) is 0 Å². The summed E-state index contributed by atoms with van der Waals surface area (Å²) in [4.78, 5) is 18.7. The van der Waals surface area contributed by atoms with E-state index in [-0.39, 0.29) is 11.9 Å². The van der Waals surface area contributed by atoms with Gasteiger partial charge >= 0.3 is 0 Å². The first kappa shape index (κ1) is 17.7. The van der Waals surface area contributed by atoms with Crippen molar-refractivity contribution in [2.45, 2.75) is 25.3 Å². The van der Waals surface area contributed by atoms with Gasteiger partial charge in [-0.2, -0.15) is 5.26 Å². The first-order valence-corrected chi connectivity index (χ1v) is 10.0. The van der Waals surface area contributed by atoms with Crippen LogP contribution in [0.1, 0.15) is 35.9 Å². The van der Waals surface area contributed by atoms with E-state index in [9.17, 15) is 4.79 Å². The van der Waals surface area contributed by atoms with Crippen LogP contribution in [0.4, 0.5) is 5.69 Å². The third-order valence-electron chi connectivity index (χ3n) is 5.03. The van der Waals surface area contributed by atoms with Gasteiger partial charge in [0.25, 0.3) is 5.91 Å². The minimum Gasteiger partial charge on any atom is -0.321 e. The number of carbonyl (C=O) groups is 1. The van der Waals surface area contributed by atoms with Crippen LogP contribution in [-0.2, 0) is 4.79 Å². The molecule has 2 heterocycles. The van der Waals surface area contributed by atoms with Crippen molar-refractivity contribution in [2.75, 3.05) is 18.4 Å². The Morgan fingerprint density at radius 3 is 2.81 bits per heavy atom. The molecule has 2 N–H and O–H groups in total. The van der Waals surface area contributed by atoms with Crippen LogP contribution in [-0.4, -0.2) is 24.0 Å². The summed E-state index contributed by atoms with van der Waals surface area (Å²) in [7, 11) is 0. The van der Waals surface area contributed by atoms with Crippen molar-refractivity contribution in [3.05, 3.63) is 59.1 Å². The van der Waals surface area contributed by atoms with Gasteiger partial charge in [-0.1, -0.05) is 12.1 Å². The number of nitrogens with one attached hydrogen (secondary N) is 2. The van der Waals surface area contributed by atoms with Gasteiger partial charge in [0, 0.05) is 12.1 Å². The molecule has 1 aliphatic rings. The molecule has 1 saturated heterocycles. The molecule has 1 fully saturated rings. The largest absolute Gasteiger partial charge is 0.321 e. The second-order valence-corrected chi connectivity index (χ2v) is 7.95. The number of benzene rings is 2. The number of aromatic nitrogens is 1. The molecular formula is C21H21N4OS+. The van der Waals surface area contributed by atoms with Crippen LogP contribution in [0.15, 0.2) is 48.5 Å². The zero-order chi connectivity index (χ0) is 18.6. The Morgan fingerprint density at radius 2 is 2.04 bits per heavy atom. The molecule has 1 aliphatic heterocycles. The topological polar surface area (TPSA) is 70.2 Å². The maximum atomic E-state index is 12.6.